The van der Waals surface area contributed by atoms with Crippen molar-refractivity contribution in [3.05, 3.63) is 0 Å². The Morgan fingerprint density at radius 3 is 2.81 bits per heavy atom. The number of carbonyl (C=O) groups excluding carboxylic acids is 1. The van der Waals surface area contributed by atoms with Gasteiger partial charge in [-0.2, -0.15) is 0 Å². The van der Waals surface area contributed by atoms with E-state index >= 15 is 0 Å². The second-order valence-corrected chi connectivity index (χ2v) is 5.11. The zero-order chi connectivity index (χ0) is 11.4. The van der Waals surface area contributed by atoms with Gasteiger partial charge in [-0.1, -0.05) is 0 Å². The SMILES string of the molecule is NC1CCCC(OCC(=O)NCC2CC2)C1. The third kappa shape index (κ3) is 4.10. The number of carbonyl (C=O) groups is 1. The molecule has 0 aromatic carbocycles. The van der Waals surface area contributed by atoms with E-state index in [1.54, 1.807) is 0 Å². The summed E-state index contributed by atoms with van der Waals surface area (Å²) in [5, 5.41) is 2.90. The Balaban J connectivity index is 1.56. The van der Waals surface area contributed by atoms with Crippen molar-refractivity contribution in [3.63, 3.8) is 0 Å². The van der Waals surface area contributed by atoms with E-state index in [-0.39, 0.29) is 24.7 Å². The molecular formula is C12H22N2O2. The first-order valence-corrected chi connectivity index (χ1v) is 6.38. The minimum atomic E-state index is 0.0195. The zero-order valence-corrected chi connectivity index (χ0v) is 9.78. The van der Waals surface area contributed by atoms with E-state index in [0.717, 1.165) is 38.1 Å². The van der Waals surface area contributed by atoms with Crippen LogP contribution in [0.25, 0.3) is 0 Å². The molecule has 2 aliphatic carbocycles. The fraction of sp³-hybridized carbons (Fsp3) is 0.917. The molecule has 2 fully saturated rings. The summed E-state index contributed by atoms with van der Waals surface area (Å²) in [7, 11) is 0. The molecule has 1 amide bonds. The largest absolute Gasteiger partial charge is 0.368 e. The van der Waals surface area contributed by atoms with Crippen LogP contribution in [0.5, 0.6) is 0 Å². The van der Waals surface area contributed by atoms with E-state index in [4.69, 9.17) is 10.5 Å². The van der Waals surface area contributed by atoms with Crippen LogP contribution in [0.4, 0.5) is 0 Å². The van der Waals surface area contributed by atoms with Crippen LogP contribution >= 0.6 is 0 Å². The molecule has 0 saturated heterocycles. The maximum atomic E-state index is 11.4. The minimum Gasteiger partial charge on any atom is -0.368 e. The maximum Gasteiger partial charge on any atom is 0.246 e. The Morgan fingerprint density at radius 1 is 1.31 bits per heavy atom. The number of rotatable bonds is 5. The van der Waals surface area contributed by atoms with Gasteiger partial charge < -0.3 is 15.8 Å². The minimum absolute atomic E-state index is 0.0195. The Hall–Kier alpha value is -0.610. The third-order valence-electron chi connectivity index (χ3n) is 3.40. The number of ether oxygens (including phenoxy) is 1. The summed E-state index contributed by atoms with van der Waals surface area (Å²) in [5.74, 6) is 0.748. The van der Waals surface area contributed by atoms with Gasteiger partial charge in [0.05, 0.1) is 6.10 Å². The standard InChI is InChI=1S/C12H22N2O2/c13-10-2-1-3-11(6-10)16-8-12(15)14-7-9-4-5-9/h9-11H,1-8,13H2,(H,14,15). The van der Waals surface area contributed by atoms with Gasteiger partial charge in [-0.15, -0.1) is 0 Å². The normalized spacial score (nSPS) is 30.1. The molecule has 0 aromatic rings. The van der Waals surface area contributed by atoms with E-state index < -0.39 is 0 Å². The molecule has 0 aliphatic heterocycles. The van der Waals surface area contributed by atoms with Crippen LogP contribution in [-0.4, -0.2) is 31.2 Å². The molecule has 4 nitrogen and oxygen atoms in total. The van der Waals surface area contributed by atoms with Crippen LogP contribution in [0.3, 0.4) is 0 Å². The topological polar surface area (TPSA) is 64.3 Å². The molecule has 0 bridgehead atoms. The number of nitrogens with two attached hydrogens (primary N) is 1. The monoisotopic (exact) mass is 226 g/mol. The van der Waals surface area contributed by atoms with Gasteiger partial charge in [-0.3, -0.25) is 4.79 Å². The van der Waals surface area contributed by atoms with Crippen LogP contribution in [0, 0.1) is 5.92 Å². The molecule has 0 heterocycles. The summed E-state index contributed by atoms with van der Waals surface area (Å²) in [5.41, 5.74) is 5.86. The van der Waals surface area contributed by atoms with Crippen molar-refractivity contribution in [1.82, 2.24) is 5.32 Å². The molecule has 3 N–H and O–H groups in total. The number of amides is 1. The lowest BCUT2D eigenvalue weighted by molar-refractivity contribution is -0.128. The van der Waals surface area contributed by atoms with Crippen LogP contribution in [0.15, 0.2) is 0 Å². The van der Waals surface area contributed by atoms with Crippen LogP contribution in [-0.2, 0) is 9.53 Å². The number of hydrogen-bond acceptors (Lipinski definition) is 3. The third-order valence-corrected chi connectivity index (χ3v) is 3.40. The van der Waals surface area contributed by atoms with Gasteiger partial charge in [0.15, 0.2) is 0 Å². The molecular weight excluding hydrogens is 204 g/mol. The van der Waals surface area contributed by atoms with Crippen LogP contribution in [0.1, 0.15) is 38.5 Å². The lowest BCUT2D eigenvalue weighted by Gasteiger charge is -2.26. The molecule has 2 saturated carbocycles. The fourth-order valence-electron chi connectivity index (χ4n) is 2.16. The van der Waals surface area contributed by atoms with Gasteiger partial charge in [0, 0.05) is 12.6 Å². The highest BCUT2D eigenvalue weighted by Crippen LogP contribution is 2.27. The first-order chi connectivity index (χ1) is 7.74. The highest BCUT2D eigenvalue weighted by Gasteiger charge is 2.23. The fourth-order valence-corrected chi connectivity index (χ4v) is 2.16. The smallest absolute Gasteiger partial charge is 0.246 e. The van der Waals surface area contributed by atoms with Crippen LogP contribution < -0.4 is 11.1 Å². The van der Waals surface area contributed by atoms with Gasteiger partial charge in [-0.05, 0) is 44.4 Å². The Labute approximate surface area is 96.9 Å². The molecule has 2 rings (SSSR count). The molecule has 0 radical (unpaired) electrons. The lowest BCUT2D eigenvalue weighted by atomic mass is 9.94. The van der Waals surface area contributed by atoms with E-state index in [0.29, 0.717) is 0 Å². The van der Waals surface area contributed by atoms with E-state index in [1.165, 1.54) is 12.8 Å². The highest BCUT2D eigenvalue weighted by atomic mass is 16.5. The molecule has 0 aromatic heterocycles. The maximum absolute atomic E-state index is 11.4. The van der Waals surface area contributed by atoms with Crippen molar-refractivity contribution in [2.45, 2.75) is 50.7 Å². The first-order valence-electron chi connectivity index (χ1n) is 6.38. The average Bonchev–Trinajstić information content (AvgIpc) is 3.07. The molecule has 16 heavy (non-hydrogen) atoms. The van der Waals surface area contributed by atoms with Crippen molar-refractivity contribution in [3.8, 4) is 0 Å². The molecule has 2 unspecified atom stereocenters. The Kier molecular flexibility index (Phi) is 4.18. The summed E-state index contributed by atoms with van der Waals surface area (Å²) in [6, 6.07) is 0.258. The zero-order valence-electron chi connectivity index (χ0n) is 9.78. The van der Waals surface area contributed by atoms with Crippen molar-refractivity contribution in [2.24, 2.45) is 11.7 Å². The average molecular weight is 226 g/mol. The summed E-state index contributed by atoms with van der Waals surface area (Å²) in [4.78, 5) is 11.4. The molecule has 92 valence electrons. The Bertz CT molecular complexity index is 241. The summed E-state index contributed by atoms with van der Waals surface area (Å²) >= 11 is 0. The first kappa shape index (κ1) is 11.9. The predicted molar refractivity (Wildman–Crippen MR) is 61.9 cm³/mol. The highest BCUT2D eigenvalue weighted by molar-refractivity contribution is 5.77. The second-order valence-electron chi connectivity index (χ2n) is 5.11. The van der Waals surface area contributed by atoms with E-state index in [2.05, 4.69) is 5.32 Å². The van der Waals surface area contributed by atoms with Crippen molar-refractivity contribution in [1.29, 1.82) is 0 Å². The van der Waals surface area contributed by atoms with Gasteiger partial charge >= 0.3 is 0 Å². The summed E-state index contributed by atoms with van der Waals surface area (Å²) in [6.45, 7) is 1.02. The van der Waals surface area contributed by atoms with Gasteiger partial charge in [-0.25, -0.2) is 0 Å². The van der Waals surface area contributed by atoms with Crippen molar-refractivity contribution in [2.75, 3.05) is 13.2 Å². The summed E-state index contributed by atoms with van der Waals surface area (Å²) < 4.78 is 5.58. The lowest BCUT2D eigenvalue weighted by Crippen LogP contribution is -2.35. The second kappa shape index (κ2) is 5.64. The van der Waals surface area contributed by atoms with Gasteiger partial charge in [0.25, 0.3) is 0 Å². The van der Waals surface area contributed by atoms with Gasteiger partial charge in [0.2, 0.25) is 5.91 Å². The van der Waals surface area contributed by atoms with Crippen molar-refractivity contribution >= 4 is 5.91 Å². The quantitative estimate of drug-likeness (QED) is 0.728. The molecule has 2 atom stereocenters. The molecule has 0 spiro atoms. The predicted octanol–water partition coefficient (Wildman–Crippen LogP) is 0.799. The number of nitrogens with one attached hydrogen (secondary N) is 1. The number of hydrogen-bond donors (Lipinski definition) is 2. The molecule has 4 heteroatoms. The van der Waals surface area contributed by atoms with Crippen LogP contribution in [0.2, 0.25) is 0 Å². The van der Waals surface area contributed by atoms with E-state index in [9.17, 15) is 4.79 Å². The van der Waals surface area contributed by atoms with E-state index in [1.807, 2.05) is 0 Å². The van der Waals surface area contributed by atoms with Crippen molar-refractivity contribution < 1.29 is 9.53 Å². The summed E-state index contributed by atoms with van der Waals surface area (Å²) in [6.07, 6.45) is 6.87. The Morgan fingerprint density at radius 2 is 2.12 bits per heavy atom. The molecule has 2 aliphatic rings. The van der Waals surface area contributed by atoms with Gasteiger partial charge in [0.1, 0.15) is 6.61 Å².